The molecule has 0 heterocycles. The Balaban J connectivity index is 2.86. The van der Waals surface area contributed by atoms with Crippen LogP contribution in [0.5, 0.6) is 0 Å². The average Bonchev–Trinajstić information content (AvgIpc) is 2.36. The van der Waals surface area contributed by atoms with E-state index >= 15 is 0 Å². The van der Waals surface area contributed by atoms with Gasteiger partial charge in [0.05, 0.1) is 11.0 Å². The topological polar surface area (TPSA) is 89.5 Å². The summed E-state index contributed by atoms with van der Waals surface area (Å²) in [5.74, 6) is -0.207. The molecule has 0 aliphatic heterocycles. The molecule has 1 rings (SSSR count). The number of nitro groups is 1. The van der Waals surface area contributed by atoms with E-state index in [9.17, 15) is 14.9 Å². The molecule has 6 heteroatoms. The van der Waals surface area contributed by atoms with Gasteiger partial charge >= 0.3 is 0 Å². The van der Waals surface area contributed by atoms with Crippen LogP contribution >= 0.6 is 0 Å². The van der Waals surface area contributed by atoms with Crippen LogP contribution in [0.1, 0.15) is 13.3 Å². The second-order valence-electron chi connectivity index (χ2n) is 3.69. The van der Waals surface area contributed by atoms with Gasteiger partial charge in [-0.2, -0.15) is 0 Å². The lowest BCUT2D eigenvalue weighted by Crippen LogP contribution is -2.41. The second-order valence-corrected chi connectivity index (χ2v) is 3.69. The van der Waals surface area contributed by atoms with Crippen molar-refractivity contribution in [2.75, 3.05) is 11.9 Å². The summed E-state index contributed by atoms with van der Waals surface area (Å²) in [4.78, 5) is 23.2. The van der Waals surface area contributed by atoms with Gasteiger partial charge in [0, 0.05) is 24.9 Å². The lowest BCUT2D eigenvalue weighted by Gasteiger charge is -2.20. The number of nitrogens with two attached hydrogens (primary N) is 1. The van der Waals surface area contributed by atoms with E-state index < -0.39 is 11.0 Å². The predicted octanol–water partition coefficient (Wildman–Crippen LogP) is 1.29. The second kappa shape index (κ2) is 5.40. The lowest BCUT2D eigenvalue weighted by atomic mass is 10.2. The first-order valence-corrected chi connectivity index (χ1v) is 5.25. The summed E-state index contributed by atoms with van der Waals surface area (Å²) in [6.45, 7) is 1.83. The molecule has 0 aliphatic carbocycles. The number of rotatable bonds is 4. The highest BCUT2D eigenvalue weighted by atomic mass is 16.6. The summed E-state index contributed by atoms with van der Waals surface area (Å²) in [5, 5.41) is 10.5. The van der Waals surface area contributed by atoms with Gasteiger partial charge in [-0.15, -0.1) is 0 Å². The van der Waals surface area contributed by atoms with Crippen molar-refractivity contribution in [3.05, 3.63) is 34.4 Å². The molecule has 1 atom stereocenters. The minimum absolute atomic E-state index is 0.00520. The highest BCUT2D eigenvalue weighted by molar-refractivity contribution is 5.96. The van der Waals surface area contributed by atoms with Crippen molar-refractivity contribution < 1.29 is 9.72 Å². The number of hydrogen-bond donors (Lipinski definition) is 1. The van der Waals surface area contributed by atoms with Crippen LogP contribution in [0.15, 0.2) is 24.3 Å². The Kier molecular flexibility index (Phi) is 4.17. The zero-order valence-electron chi connectivity index (χ0n) is 9.79. The first-order valence-electron chi connectivity index (χ1n) is 5.25. The van der Waals surface area contributed by atoms with Crippen LogP contribution in [0.25, 0.3) is 0 Å². The van der Waals surface area contributed by atoms with E-state index in [1.54, 1.807) is 7.05 Å². The van der Waals surface area contributed by atoms with Gasteiger partial charge in [0.2, 0.25) is 5.91 Å². The van der Waals surface area contributed by atoms with Gasteiger partial charge in [0.15, 0.2) is 0 Å². The maximum atomic E-state index is 11.8. The van der Waals surface area contributed by atoms with E-state index in [-0.39, 0.29) is 11.6 Å². The van der Waals surface area contributed by atoms with Crippen LogP contribution in [0.3, 0.4) is 0 Å². The Morgan fingerprint density at radius 1 is 1.47 bits per heavy atom. The van der Waals surface area contributed by atoms with Crippen molar-refractivity contribution in [3.63, 3.8) is 0 Å². The Labute approximate surface area is 99.2 Å². The van der Waals surface area contributed by atoms with Crippen molar-refractivity contribution in [1.82, 2.24) is 0 Å². The van der Waals surface area contributed by atoms with Gasteiger partial charge in [-0.05, 0) is 18.6 Å². The molecule has 0 aromatic heterocycles. The first-order chi connectivity index (χ1) is 7.97. The fourth-order valence-corrected chi connectivity index (χ4v) is 1.35. The van der Waals surface area contributed by atoms with Crippen LogP contribution in [0.4, 0.5) is 11.4 Å². The molecule has 1 aromatic rings. The number of nitrogens with zero attached hydrogens (tertiary/aromatic N) is 2. The van der Waals surface area contributed by atoms with Gasteiger partial charge in [-0.1, -0.05) is 6.92 Å². The molecule has 6 nitrogen and oxygen atoms in total. The summed E-state index contributed by atoms with van der Waals surface area (Å²) >= 11 is 0. The lowest BCUT2D eigenvalue weighted by molar-refractivity contribution is -0.384. The van der Waals surface area contributed by atoms with Crippen LogP contribution in [0, 0.1) is 10.1 Å². The predicted molar refractivity (Wildman–Crippen MR) is 64.8 cm³/mol. The number of likely N-dealkylation sites (N-methyl/N-ethyl adjacent to an activating group) is 1. The summed E-state index contributed by atoms with van der Waals surface area (Å²) in [6.07, 6.45) is 0.552. The number of benzene rings is 1. The number of anilines is 1. The number of carbonyl (C=O) groups is 1. The van der Waals surface area contributed by atoms with Crippen LogP contribution in [0.2, 0.25) is 0 Å². The van der Waals surface area contributed by atoms with Crippen molar-refractivity contribution in [2.24, 2.45) is 5.73 Å². The largest absolute Gasteiger partial charge is 0.320 e. The first kappa shape index (κ1) is 13.1. The maximum absolute atomic E-state index is 11.8. The molecule has 0 saturated carbocycles. The third-order valence-electron chi connectivity index (χ3n) is 2.54. The van der Waals surface area contributed by atoms with E-state index in [4.69, 9.17) is 5.73 Å². The number of carbonyl (C=O) groups excluding carboxylic acids is 1. The van der Waals surface area contributed by atoms with Gasteiger partial charge in [-0.25, -0.2) is 0 Å². The molecular weight excluding hydrogens is 222 g/mol. The molecule has 17 heavy (non-hydrogen) atoms. The van der Waals surface area contributed by atoms with Crippen LogP contribution in [-0.2, 0) is 4.79 Å². The van der Waals surface area contributed by atoms with Crippen molar-refractivity contribution in [1.29, 1.82) is 0 Å². The van der Waals surface area contributed by atoms with Gasteiger partial charge in [0.25, 0.3) is 5.69 Å². The Bertz CT molecular complexity index is 416. The molecule has 0 saturated heterocycles. The maximum Gasteiger partial charge on any atom is 0.269 e. The Morgan fingerprint density at radius 3 is 2.41 bits per heavy atom. The summed E-state index contributed by atoms with van der Waals surface area (Å²) in [5.41, 5.74) is 6.22. The number of nitro benzene ring substituents is 1. The highest BCUT2D eigenvalue weighted by Gasteiger charge is 2.17. The Morgan fingerprint density at radius 2 is 2.00 bits per heavy atom. The molecule has 0 unspecified atom stereocenters. The Hall–Kier alpha value is -1.95. The summed E-state index contributed by atoms with van der Waals surface area (Å²) in [6, 6.07) is 5.22. The third kappa shape index (κ3) is 3.01. The number of hydrogen-bond acceptors (Lipinski definition) is 4. The monoisotopic (exact) mass is 237 g/mol. The molecule has 92 valence electrons. The SMILES string of the molecule is CC[C@@H](N)C(=O)N(C)c1ccc([N+](=O)[O-])cc1. The fourth-order valence-electron chi connectivity index (χ4n) is 1.35. The molecule has 0 aliphatic rings. The highest BCUT2D eigenvalue weighted by Crippen LogP contribution is 2.18. The standard InChI is InChI=1S/C11H15N3O3/c1-3-10(12)11(15)13(2)8-4-6-9(7-5-8)14(16)17/h4-7,10H,3,12H2,1-2H3/t10-/m1/s1. The molecule has 0 bridgehead atoms. The minimum Gasteiger partial charge on any atom is -0.320 e. The minimum atomic E-state index is -0.546. The average molecular weight is 237 g/mol. The molecule has 1 amide bonds. The fraction of sp³-hybridized carbons (Fsp3) is 0.364. The van der Waals surface area contributed by atoms with Crippen molar-refractivity contribution in [2.45, 2.75) is 19.4 Å². The van der Waals surface area contributed by atoms with E-state index in [1.165, 1.54) is 29.2 Å². The molecular formula is C11H15N3O3. The molecule has 1 aromatic carbocycles. The van der Waals surface area contributed by atoms with Gasteiger partial charge in [-0.3, -0.25) is 14.9 Å². The zero-order chi connectivity index (χ0) is 13.0. The molecule has 0 spiro atoms. The van der Waals surface area contributed by atoms with Gasteiger partial charge in [0.1, 0.15) is 0 Å². The van der Waals surface area contributed by atoms with Crippen molar-refractivity contribution in [3.8, 4) is 0 Å². The van der Waals surface area contributed by atoms with E-state index in [2.05, 4.69) is 0 Å². The zero-order valence-corrected chi connectivity index (χ0v) is 9.79. The van der Waals surface area contributed by atoms with Gasteiger partial charge < -0.3 is 10.6 Å². The molecule has 0 fully saturated rings. The molecule has 0 radical (unpaired) electrons. The van der Waals surface area contributed by atoms with Crippen LogP contribution < -0.4 is 10.6 Å². The normalized spacial score (nSPS) is 11.9. The summed E-state index contributed by atoms with van der Waals surface area (Å²) in [7, 11) is 1.60. The smallest absolute Gasteiger partial charge is 0.269 e. The quantitative estimate of drug-likeness (QED) is 0.631. The number of non-ortho nitro benzene ring substituents is 1. The molecule has 2 N–H and O–H groups in total. The number of amides is 1. The van der Waals surface area contributed by atoms with Crippen LogP contribution in [-0.4, -0.2) is 23.9 Å². The summed E-state index contributed by atoms with van der Waals surface area (Å²) < 4.78 is 0. The van der Waals surface area contributed by atoms with E-state index in [0.717, 1.165) is 0 Å². The third-order valence-corrected chi connectivity index (χ3v) is 2.54. The van der Waals surface area contributed by atoms with E-state index in [0.29, 0.717) is 12.1 Å². The van der Waals surface area contributed by atoms with Crippen molar-refractivity contribution >= 4 is 17.3 Å². The van der Waals surface area contributed by atoms with E-state index in [1.807, 2.05) is 6.92 Å².